The molecule has 4 heteroatoms. The van der Waals surface area contributed by atoms with Crippen molar-refractivity contribution < 1.29 is 9.53 Å². The van der Waals surface area contributed by atoms with E-state index in [1.54, 1.807) is 7.11 Å². The molecule has 122 valence electrons. The number of carbonyl (C=O) groups is 1. The zero-order valence-corrected chi connectivity index (χ0v) is 13.6. The SMILES string of the molecule is COCC1(CNC(=O)CCC2CCCCC2)CCNCC1. The van der Waals surface area contributed by atoms with Crippen molar-refractivity contribution in [3.63, 3.8) is 0 Å². The first-order valence-corrected chi connectivity index (χ1v) is 8.70. The van der Waals surface area contributed by atoms with Crippen molar-refractivity contribution in [2.45, 2.75) is 57.8 Å². The fourth-order valence-corrected chi connectivity index (χ4v) is 3.82. The maximum Gasteiger partial charge on any atom is 0.220 e. The Morgan fingerprint density at radius 3 is 2.62 bits per heavy atom. The molecule has 1 aliphatic carbocycles. The number of hydrogen-bond acceptors (Lipinski definition) is 3. The summed E-state index contributed by atoms with van der Waals surface area (Å²) in [5.41, 5.74) is 0.139. The van der Waals surface area contributed by atoms with E-state index >= 15 is 0 Å². The Balaban J connectivity index is 1.68. The van der Waals surface area contributed by atoms with Crippen LogP contribution in [0.5, 0.6) is 0 Å². The average molecular weight is 296 g/mol. The maximum absolute atomic E-state index is 12.1. The lowest BCUT2D eigenvalue weighted by Gasteiger charge is -2.37. The van der Waals surface area contributed by atoms with Crippen LogP contribution in [-0.2, 0) is 9.53 Å². The molecule has 0 aromatic heterocycles. The minimum absolute atomic E-state index is 0.139. The van der Waals surface area contributed by atoms with Crippen LogP contribution >= 0.6 is 0 Å². The second-order valence-electron chi connectivity index (χ2n) is 7.00. The van der Waals surface area contributed by atoms with Gasteiger partial charge in [-0.3, -0.25) is 4.79 Å². The summed E-state index contributed by atoms with van der Waals surface area (Å²) < 4.78 is 5.39. The van der Waals surface area contributed by atoms with Gasteiger partial charge in [0.15, 0.2) is 0 Å². The molecule has 21 heavy (non-hydrogen) atoms. The van der Waals surface area contributed by atoms with E-state index in [9.17, 15) is 4.79 Å². The normalized spacial score (nSPS) is 22.9. The molecule has 0 spiro atoms. The lowest BCUT2D eigenvalue weighted by molar-refractivity contribution is -0.122. The van der Waals surface area contributed by atoms with Gasteiger partial charge in [-0.05, 0) is 38.3 Å². The van der Waals surface area contributed by atoms with Gasteiger partial charge >= 0.3 is 0 Å². The zero-order chi connectivity index (χ0) is 15.0. The fourth-order valence-electron chi connectivity index (χ4n) is 3.82. The number of methoxy groups -OCH3 is 1. The second kappa shape index (κ2) is 8.74. The zero-order valence-electron chi connectivity index (χ0n) is 13.6. The first kappa shape index (κ1) is 16.8. The molecule has 1 saturated heterocycles. The first-order valence-electron chi connectivity index (χ1n) is 8.70. The molecule has 2 aliphatic rings. The van der Waals surface area contributed by atoms with Crippen molar-refractivity contribution in [3.8, 4) is 0 Å². The van der Waals surface area contributed by atoms with Crippen LogP contribution in [0.1, 0.15) is 57.8 Å². The standard InChI is InChI=1S/C17H32N2O2/c1-21-14-17(9-11-18-12-10-17)13-19-16(20)8-7-15-5-3-2-4-6-15/h15,18H,2-14H2,1H3,(H,19,20). The lowest BCUT2D eigenvalue weighted by atomic mass is 9.79. The van der Waals surface area contributed by atoms with Gasteiger partial charge in [-0.15, -0.1) is 0 Å². The summed E-state index contributed by atoms with van der Waals surface area (Å²) in [6.07, 6.45) is 10.7. The number of ether oxygens (including phenoxy) is 1. The lowest BCUT2D eigenvalue weighted by Crippen LogP contribution is -2.47. The Labute approximate surface area is 129 Å². The van der Waals surface area contributed by atoms with Crippen LogP contribution in [0.15, 0.2) is 0 Å². The monoisotopic (exact) mass is 296 g/mol. The molecule has 1 amide bonds. The molecule has 1 heterocycles. The van der Waals surface area contributed by atoms with E-state index < -0.39 is 0 Å². The van der Waals surface area contributed by atoms with Gasteiger partial charge in [-0.2, -0.15) is 0 Å². The van der Waals surface area contributed by atoms with E-state index in [-0.39, 0.29) is 11.3 Å². The predicted molar refractivity (Wildman–Crippen MR) is 85.2 cm³/mol. The summed E-state index contributed by atoms with van der Waals surface area (Å²) >= 11 is 0. The smallest absolute Gasteiger partial charge is 0.220 e. The molecular weight excluding hydrogens is 264 g/mol. The Morgan fingerprint density at radius 2 is 1.95 bits per heavy atom. The van der Waals surface area contributed by atoms with Crippen LogP contribution in [0, 0.1) is 11.3 Å². The van der Waals surface area contributed by atoms with Gasteiger partial charge in [0.2, 0.25) is 5.91 Å². The van der Waals surface area contributed by atoms with E-state index in [0.29, 0.717) is 6.42 Å². The van der Waals surface area contributed by atoms with Gasteiger partial charge in [0.25, 0.3) is 0 Å². The molecule has 1 saturated carbocycles. The topological polar surface area (TPSA) is 50.4 Å². The fraction of sp³-hybridized carbons (Fsp3) is 0.941. The van der Waals surface area contributed by atoms with Crippen molar-refractivity contribution in [2.24, 2.45) is 11.3 Å². The Morgan fingerprint density at radius 1 is 1.24 bits per heavy atom. The van der Waals surface area contributed by atoms with Gasteiger partial charge in [0.05, 0.1) is 6.61 Å². The summed E-state index contributed by atoms with van der Waals surface area (Å²) in [7, 11) is 1.76. The van der Waals surface area contributed by atoms with Crippen molar-refractivity contribution in [1.82, 2.24) is 10.6 Å². The first-order chi connectivity index (χ1) is 10.2. The van der Waals surface area contributed by atoms with Gasteiger partial charge in [0, 0.05) is 25.5 Å². The summed E-state index contributed by atoms with van der Waals surface area (Å²) in [5.74, 6) is 1.02. The summed E-state index contributed by atoms with van der Waals surface area (Å²) in [5, 5.41) is 6.56. The minimum atomic E-state index is 0.139. The highest BCUT2D eigenvalue weighted by molar-refractivity contribution is 5.75. The third kappa shape index (κ3) is 5.59. The average Bonchev–Trinajstić information content (AvgIpc) is 2.53. The quantitative estimate of drug-likeness (QED) is 0.759. The van der Waals surface area contributed by atoms with Crippen LogP contribution in [-0.4, -0.2) is 39.3 Å². The van der Waals surface area contributed by atoms with Crippen LogP contribution in [0.4, 0.5) is 0 Å². The molecule has 0 atom stereocenters. The third-order valence-electron chi connectivity index (χ3n) is 5.28. The van der Waals surface area contributed by atoms with Crippen LogP contribution in [0.3, 0.4) is 0 Å². The largest absolute Gasteiger partial charge is 0.384 e. The predicted octanol–water partition coefficient (Wildman–Crippen LogP) is 2.48. The third-order valence-corrected chi connectivity index (χ3v) is 5.28. The Hall–Kier alpha value is -0.610. The van der Waals surface area contributed by atoms with E-state index in [1.165, 1.54) is 32.1 Å². The molecule has 1 aliphatic heterocycles. The van der Waals surface area contributed by atoms with Crippen molar-refractivity contribution in [3.05, 3.63) is 0 Å². The highest BCUT2D eigenvalue weighted by Crippen LogP contribution is 2.29. The number of piperidine rings is 1. The highest BCUT2D eigenvalue weighted by atomic mass is 16.5. The van der Waals surface area contributed by atoms with Gasteiger partial charge in [-0.1, -0.05) is 32.1 Å². The number of amides is 1. The molecule has 0 unspecified atom stereocenters. The Kier molecular flexibility index (Phi) is 6.97. The molecule has 2 rings (SSSR count). The number of carbonyl (C=O) groups excluding carboxylic acids is 1. The van der Waals surface area contributed by atoms with Crippen molar-refractivity contribution in [2.75, 3.05) is 33.4 Å². The summed E-state index contributed by atoms with van der Waals surface area (Å²) in [6, 6.07) is 0. The molecule has 2 N–H and O–H groups in total. The number of rotatable bonds is 7. The van der Waals surface area contributed by atoms with Crippen molar-refractivity contribution in [1.29, 1.82) is 0 Å². The summed E-state index contributed by atoms with van der Waals surface area (Å²) in [4.78, 5) is 12.1. The van der Waals surface area contributed by atoms with Crippen LogP contribution in [0.25, 0.3) is 0 Å². The van der Waals surface area contributed by atoms with E-state index in [2.05, 4.69) is 10.6 Å². The highest BCUT2D eigenvalue weighted by Gasteiger charge is 2.32. The minimum Gasteiger partial charge on any atom is -0.384 e. The molecule has 0 aromatic rings. The maximum atomic E-state index is 12.1. The van der Waals surface area contributed by atoms with Gasteiger partial charge < -0.3 is 15.4 Å². The number of hydrogen-bond donors (Lipinski definition) is 2. The van der Waals surface area contributed by atoms with Crippen molar-refractivity contribution >= 4 is 5.91 Å². The molecular formula is C17H32N2O2. The number of nitrogens with one attached hydrogen (secondary N) is 2. The summed E-state index contributed by atoms with van der Waals surface area (Å²) in [6.45, 7) is 3.58. The molecule has 0 bridgehead atoms. The van der Waals surface area contributed by atoms with Crippen LogP contribution < -0.4 is 10.6 Å². The van der Waals surface area contributed by atoms with E-state index in [1.807, 2.05) is 0 Å². The second-order valence-corrected chi connectivity index (χ2v) is 7.00. The van der Waals surface area contributed by atoms with E-state index in [0.717, 1.165) is 51.4 Å². The molecule has 4 nitrogen and oxygen atoms in total. The molecule has 0 aromatic carbocycles. The van der Waals surface area contributed by atoms with Crippen LogP contribution in [0.2, 0.25) is 0 Å². The van der Waals surface area contributed by atoms with E-state index in [4.69, 9.17) is 4.74 Å². The Bertz CT molecular complexity index is 302. The van der Waals surface area contributed by atoms with Gasteiger partial charge in [-0.25, -0.2) is 0 Å². The molecule has 0 radical (unpaired) electrons. The van der Waals surface area contributed by atoms with Gasteiger partial charge in [0.1, 0.15) is 0 Å². The molecule has 2 fully saturated rings.